The quantitative estimate of drug-likeness (QED) is 0.354. The zero-order valence-corrected chi connectivity index (χ0v) is 19.9. The number of carbonyl (C=O) groups is 2. The van der Waals surface area contributed by atoms with Crippen LogP contribution in [-0.2, 0) is 9.59 Å². The van der Waals surface area contributed by atoms with Gasteiger partial charge in [-0.05, 0) is 76.8 Å². The van der Waals surface area contributed by atoms with Crippen molar-refractivity contribution in [2.24, 2.45) is 0 Å². The molecule has 0 unspecified atom stereocenters. The topological polar surface area (TPSA) is 79.3 Å². The van der Waals surface area contributed by atoms with Crippen molar-refractivity contribution in [3.05, 3.63) is 65.2 Å². The number of benzene rings is 2. The Kier molecular flexibility index (Phi) is 7.76. The highest BCUT2D eigenvalue weighted by Gasteiger charge is 2.45. The third-order valence-corrected chi connectivity index (χ3v) is 5.33. The zero-order valence-electron chi connectivity index (χ0n) is 19.9. The summed E-state index contributed by atoms with van der Waals surface area (Å²) >= 11 is 0. The van der Waals surface area contributed by atoms with E-state index in [-0.39, 0.29) is 17.4 Å². The van der Waals surface area contributed by atoms with Gasteiger partial charge in [0, 0.05) is 18.7 Å². The summed E-state index contributed by atoms with van der Waals surface area (Å²) in [6.45, 7) is 7.24. The van der Waals surface area contributed by atoms with Gasteiger partial charge in [0.2, 0.25) is 0 Å². The highest BCUT2D eigenvalue weighted by atomic mass is 16.5. The molecule has 0 radical (unpaired) electrons. The number of ketones is 1. The smallest absolute Gasteiger partial charge is 0.295 e. The predicted molar refractivity (Wildman–Crippen MR) is 127 cm³/mol. The molecule has 0 saturated carbocycles. The summed E-state index contributed by atoms with van der Waals surface area (Å²) in [5, 5.41) is 11.1. The van der Waals surface area contributed by atoms with Crippen LogP contribution < -0.4 is 9.47 Å². The van der Waals surface area contributed by atoms with E-state index in [1.165, 1.54) is 4.90 Å². The van der Waals surface area contributed by atoms with Crippen molar-refractivity contribution < 1.29 is 24.2 Å². The van der Waals surface area contributed by atoms with E-state index in [2.05, 4.69) is 0 Å². The van der Waals surface area contributed by atoms with Crippen molar-refractivity contribution in [1.29, 1.82) is 0 Å². The molecule has 1 aliphatic rings. The number of rotatable bonds is 9. The number of hydrogen-bond acceptors (Lipinski definition) is 6. The van der Waals surface area contributed by atoms with Crippen molar-refractivity contribution in [1.82, 2.24) is 9.80 Å². The Balaban J connectivity index is 2.06. The first-order chi connectivity index (χ1) is 15.7. The largest absolute Gasteiger partial charge is 0.507 e. The maximum absolute atomic E-state index is 13.1. The summed E-state index contributed by atoms with van der Waals surface area (Å²) in [6.07, 6.45) is 0.0289. The number of nitrogens with zero attached hydrogens (tertiary/aromatic N) is 2. The maximum atomic E-state index is 13.1. The second kappa shape index (κ2) is 10.5. The van der Waals surface area contributed by atoms with E-state index in [4.69, 9.17) is 9.47 Å². The molecule has 2 aromatic carbocycles. The monoisotopic (exact) mass is 452 g/mol. The first-order valence-corrected chi connectivity index (χ1v) is 11.2. The van der Waals surface area contributed by atoms with Crippen LogP contribution >= 0.6 is 0 Å². The van der Waals surface area contributed by atoms with Gasteiger partial charge in [-0.1, -0.05) is 12.1 Å². The van der Waals surface area contributed by atoms with Gasteiger partial charge in [0.05, 0.1) is 24.3 Å². The minimum atomic E-state index is -0.690. The van der Waals surface area contributed by atoms with Gasteiger partial charge < -0.3 is 24.4 Å². The van der Waals surface area contributed by atoms with Crippen LogP contribution in [0.3, 0.4) is 0 Å². The molecule has 1 amide bonds. The standard InChI is InChI=1S/C26H32N2O5/c1-6-32-20-11-9-19(10-12-20)24(29)22-23(18-7-13-21(14-8-18)33-17(2)3)28(16-15-27(4)5)26(31)25(22)30/h7-14,17,23,29H,6,15-16H2,1-5H3/b24-22+/t23-/m0/s1. The molecule has 0 aromatic heterocycles. The second-order valence-electron chi connectivity index (χ2n) is 8.49. The first-order valence-electron chi connectivity index (χ1n) is 11.2. The van der Waals surface area contributed by atoms with Crippen LogP contribution in [0.1, 0.15) is 37.9 Å². The number of ether oxygens (including phenoxy) is 2. The van der Waals surface area contributed by atoms with E-state index in [1.807, 2.05) is 64.0 Å². The van der Waals surface area contributed by atoms with Crippen LogP contribution in [0.4, 0.5) is 0 Å². The fraction of sp³-hybridized carbons (Fsp3) is 0.385. The Morgan fingerprint density at radius 2 is 1.64 bits per heavy atom. The SMILES string of the molecule is CCOc1ccc(/C(O)=C2\C(=O)C(=O)N(CCN(C)C)[C@H]2c2ccc(OC(C)C)cc2)cc1. The average Bonchev–Trinajstić information content (AvgIpc) is 3.03. The Hall–Kier alpha value is -3.32. The molecule has 1 N–H and O–H groups in total. The minimum absolute atomic E-state index is 0.0289. The summed E-state index contributed by atoms with van der Waals surface area (Å²) in [6, 6.07) is 13.4. The van der Waals surface area contributed by atoms with E-state index in [0.717, 1.165) is 5.56 Å². The molecule has 0 bridgehead atoms. The highest BCUT2D eigenvalue weighted by Crippen LogP contribution is 2.39. The Bertz CT molecular complexity index is 1010. The predicted octanol–water partition coefficient (Wildman–Crippen LogP) is 3.86. The van der Waals surface area contributed by atoms with E-state index in [0.29, 0.717) is 36.8 Å². The van der Waals surface area contributed by atoms with Crippen molar-refractivity contribution in [2.45, 2.75) is 32.9 Å². The summed E-state index contributed by atoms with van der Waals surface area (Å²) in [4.78, 5) is 29.5. The van der Waals surface area contributed by atoms with Crippen LogP contribution in [0.15, 0.2) is 54.1 Å². The second-order valence-corrected chi connectivity index (χ2v) is 8.49. The summed E-state index contributed by atoms with van der Waals surface area (Å²) < 4.78 is 11.2. The number of hydrogen-bond donors (Lipinski definition) is 1. The van der Waals surface area contributed by atoms with E-state index < -0.39 is 17.7 Å². The fourth-order valence-electron chi connectivity index (χ4n) is 3.80. The Labute approximate surface area is 195 Å². The minimum Gasteiger partial charge on any atom is -0.507 e. The first kappa shape index (κ1) is 24.3. The third-order valence-electron chi connectivity index (χ3n) is 5.33. The van der Waals surface area contributed by atoms with E-state index in [1.54, 1.807) is 24.3 Å². The number of carbonyl (C=O) groups excluding carboxylic acids is 2. The Morgan fingerprint density at radius 3 is 2.18 bits per heavy atom. The van der Waals surface area contributed by atoms with Crippen molar-refractivity contribution in [3.8, 4) is 11.5 Å². The van der Waals surface area contributed by atoms with Crippen molar-refractivity contribution in [2.75, 3.05) is 33.8 Å². The zero-order chi connectivity index (χ0) is 24.1. The van der Waals surface area contributed by atoms with Crippen molar-refractivity contribution >= 4 is 17.4 Å². The molecule has 33 heavy (non-hydrogen) atoms. The lowest BCUT2D eigenvalue weighted by Gasteiger charge is -2.26. The number of likely N-dealkylation sites (tertiary alicyclic amines) is 1. The number of likely N-dealkylation sites (N-methyl/N-ethyl adjacent to an activating group) is 1. The van der Waals surface area contributed by atoms with E-state index in [9.17, 15) is 14.7 Å². The van der Waals surface area contributed by atoms with Crippen LogP contribution in [0, 0.1) is 0 Å². The molecule has 3 rings (SSSR count). The summed E-state index contributed by atoms with van der Waals surface area (Å²) in [5.74, 6) is -0.135. The number of aliphatic hydroxyl groups excluding tert-OH is 1. The maximum Gasteiger partial charge on any atom is 0.295 e. The lowest BCUT2D eigenvalue weighted by Crippen LogP contribution is -2.35. The Morgan fingerprint density at radius 1 is 1.03 bits per heavy atom. The van der Waals surface area contributed by atoms with Crippen LogP contribution in [0.2, 0.25) is 0 Å². The molecule has 1 atom stereocenters. The fourth-order valence-corrected chi connectivity index (χ4v) is 3.80. The van der Waals surface area contributed by atoms with Gasteiger partial charge in [0.25, 0.3) is 11.7 Å². The molecule has 176 valence electrons. The van der Waals surface area contributed by atoms with Gasteiger partial charge in [-0.25, -0.2) is 0 Å². The molecule has 0 spiro atoms. The molecule has 1 fully saturated rings. The lowest BCUT2D eigenvalue weighted by molar-refractivity contribution is -0.140. The van der Waals surface area contributed by atoms with Crippen LogP contribution in [-0.4, -0.2) is 66.5 Å². The van der Waals surface area contributed by atoms with Crippen LogP contribution in [0.5, 0.6) is 11.5 Å². The van der Waals surface area contributed by atoms with Gasteiger partial charge in [-0.3, -0.25) is 9.59 Å². The van der Waals surface area contributed by atoms with Gasteiger partial charge in [-0.15, -0.1) is 0 Å². The molecule has 7 heteroatoms. The van der Waals surface area contributed by atoms with Crippen molar-refractivity contribution in [3.63, 3.8) is 0 Å². The highest BCUT2D eigenvalue weighted by molar-refractivity contribution is 6.46. The van der Waals surface area contributed by atoms with Crippen LogP contribution in [0.25, 0.3) is 5.76 Å². The van der Waals surface area contributed by atoms with Gasteiger partial charge in [-0.2, -0.15) is 0 Å². The van der Waals surface area contributed by atoms with E-state index >= 15 is 0 Å². The summed E-state index contributed by atoms with van der Waals surface area (Å²) in [5.41, 5.74) is 1.27. The molecule has 1 aliphatic heterocycles. The molecular formula is C26H32N2O5. The number of Topliss-reactive ketones (excluding diaryl/α,β-unsaturated/α-hetero) is 1. The molecule has 7 nitrogen and oxygen atoms in total. The molecule has 1 saturated heterocycles. The molecule has 0 aliphatic carbocycles. The van der Waals surface area contributed by atoms with Gasteiger partial charge >= 0.3 is 0 Å². The summed E-state index contributed by atoms with van der Waals surface area (Å²) in [7, 11) is 3.81. The van der Waals surface area contributed by atoms with Gasteiger partial charge in [0.15, 0.2) is 0 Å². The lowest BCUT2D eigenvalue weighted by atomic mass is 9.95. The molecular weight excluding hydrogens is 420 g/mol. The third kappa shape index (κ3) is 5.54. The molecule has 1 heterocycles. The molecule has 2 aromatic rings. The normalized spacial score (nSPS) is 17.8. The average molecular weight is 453 g/mol. The van der Waals surface area contributed by atoms with Gasteiger partial charge in [0.1, 0.15) is 17.3 Å². The number of amides is 1. The number of aliphatic hydroxyl groups is 1.